The third-order valence-electron chi connectivity index (χ3n) is 5.05. The van der Waals surface area contributed by atoms with Gasteiger partial charge >= 0.3 is 0 Å². The number of rotatable bonds is 6. The van der Waals surface area contributed by atoms with Gasteiger partial charge in [-0.15, -0.1) is 0 Å². The SMILES string of the molecule is CC.Cc1ncc(CNc2cc(C(=N)C3=C(N)CC(C)(C)CC3)cc(CO)n2)cn1. The fraction of sp³-hybridized carbons (Fsp3) is 0.478. The minimum absolute atomic E-state index is 0.172. The molecule has 5 N–H and O–H groups in total. The zero-order valence-electron chi connectivity index (χ0n) is 18.7. The maximum Gasteiger partial charge on any atom is 0.127 e. The first-order valence-electron chi connectivity index (χ1n) is 10.5. The van der Waals surface area contributed by atoms with Crippen LogP contribution in [0.5, 0.6) is 0 Å². The highest BCUT2D eigenvalue weighted by Crippen LogP contribution is 2.37. The molecule has 0 saturated carbocycles. The molecule has 2 aromatic heterocycles. The van der Waals surface area contributed by atoms with E-state index in [4.69, 9.17) is 11.1 Å². The number of anilines is 1. The average Bonchev–Trinajstić information content (AvgIpc) is 2.73. The topological polar surface area (TPSA) is 121 Å². The second-order valence-electron chi connectivity index (χ2n) is 8.10. The van der Waals surface area contributed by atoms with Gasteiger partial charge < -0.3 is 16.2 Å². The molecule has 162 valence electrons. The molecule has 0 unspecified atom stereocenters. The zero-order chi connectivity index (χ0) is 22.3. The van der Waals surface area contributed by atoms with E-state index < -0.39 is 0 Å². The van der Waals surface area contributed by atoms with Crippen LogP contribution < -0.4 is 11.1 Å². The summed E-state index contributed by atoms with van der Waals surface area (Å²) in [5.74, 6) is 1.32. The lowest BCUT2D eigenvalue weighted by atomic mass is 9.75. The highest BCUT2D eigenvalue weighted by atomic mass is 16.3. The van der Waals surface area contributed by atoms with Gasteiger partial charge in [0, 0.05) is 35.8 Å². The largest absolute Gasteiger partial charge is 0.402 e. The molecule has 2 heterocycles. The van der Waals surface area contributed by atoms with Crippen LogP contribution in [-0.2, 0) is 13.2 Å². The van der Waals surface area contributed by atoms with E-state index >= 15 is 0 Å². The lowest BCUT2D eigenvalue weighted by Crippen LogP contribution is -2.25. The summed E-state index contributed by atoms with van der Waals surface area (Å²) in [6, 6.07) is 3.58. The van der Waals surface area contributed by atoms with Gasteiger partial charge in [-0.3, -0.25) is 5.41 Å². The molecule has 0 amide bonds. The number of nitrogens with zero attached hydrogens (tertiary/aromatic N) is 3. The highest BCUT2D eigenvalue weighted by Gasteiger charge is 2.28. The van der Waals surface area contributed by atoms with Gasteiger partial charge in [-0.05, 0) is 49.3 Å². The van der Waals surface area contributed by atoms with Crippen LogP contribution in [0, 0.1) is 17.7 Å². The van der Waals surface area contributed by atoms with Crippen molar-refractivity contribution in [2.75, 3.05) is 5.32 Å². The van der Waals surface area contributed by atoms with Crippen molar-refractivity contribution in [1.82, 2.24) is 15.0 Å². The predicted octanol–water partition coefficient (Wildman–Crippen LogP) is 4.10. The molecule has 1 aliphatic carbocycles. The number of allylic oxidation sites excluding steroid dienone is 2. The van der Waals surface area contributed by atoms with Gasteiger partial charge in [0.25, 0.3) is 0 Å². The molecular weight excluding hydrogens is 376 g/mol. The molecule has 0 spiro atoms. The van der Waals surface area contributed by atoms with Gasteiger partial charge in [-0.25, -0.2) is 15.0 Å². The Bertz CT molecular complexity index is 902. The molecule has 7 heteroatoms. The standard InChI is InChI=1S/C21H28N6O.C2H6/c1-13-24-9-14(10-25-13)11-26-19-7-15(6-16(12-28)27-19)20(23)17-4-5-21(2,3)8-18(17)22;1-2/h6-7,9-10,23,28H,4-5,8,11-12,22H2,1-3H3,(H,26,27);1-2H3. The van der Waals surface area contributed by atoms with Crippen molar-refractivity contribution >= 4 is 11.5 Å². The van der Waals surface area contributed by atoms with Crippen molar-refractivity contribution in [2.45, 2.75) is 67.0 Å². The maximum absolute atomic E-state index is 9.60. The number of aliphatic hydroxyl groups is 1. The Kier molecular flexibility index (Phi) is 8.06. The summed E-state index contributed by atoms with van der Waals surface area (Å²) >= 11 is 0. The number of aryl methyl sites for hydroxylation is 1. The van der Waals surface area contributed by atoms with Crippen LogP contribution in [0.15, 0.2) is 35.8 Å². The smallest absolute Gasteiger partial charge is 0.127 e. The highest BCUT2D eigenvalue weighted by molar-refractivity contribution is 6.11. The average molecular weight is 411 g/mol. The van der Waals surface area contributed by atoms with Gasteiger partial charge in [0.15, 0.2) is 0 Å². The fourth-order valence-corrected chi connectivity index (χ4v) is 3.40. The molecule has 0 saturated heterocycles. The number of hydrogen-bond acceptors (Lipinski definition) is 7. The Morgan fingerprint density at radius 2 is 1.90 bits per heavy atom. The van der Waals surface area contributed by atoms with Crippen LogP contribution in [0.25, 0.3) is 0 Å². The first kappa shape index (κ1) is 23.5. The number of aromatic nitrogens is 3. The van der Waals surface area contributed by atoms with Gasteiger partial charge in [0.05, 0.1) is 18.0 Å². The summed E-state index contributed by atoms with van der Waals surface area (Å²) in [5.41, 5.74) is 10.7. The maximum atomic E-state index is 9.60. The van der Waals surface area contributed by atoms with Crippen LogP contribution in [-0.4, -0.2) is 25.8 Å². The van der Waals surface area contributed by atoms with Crippen LogP contribution >= 0.6 is 0 Å². The van der Waals surface area contributed by atoms with E-state index in [9.17, 15) is 5.11 Å². The van der Waals surface area contributed by atoms with E-state index in [0.717, 1.165) is 41.9 Å². The summed E-state index contributed by atoms with van der Waals surface area (Å²) in [6.07, 6.45) is 6.12. The molecule has 0 aromatic carbocycles. The summed E-state index contributed by atoms with van der Waals surface area (Å²) in [7, 11) is 0. The summed E-state index contributed by atoms with van der Waals surface area (Å²) in [5, 5.41) is 21.5. The lowest BCUT2D eigenvalue weighted by molar-refractivity contribution is 0.277. The predicted molar refractivity (Wildman–Crippen MR) is 121 cm³/mol. The van der Waals surface area contributed by atoms with Gasteiger partial charge in [-0.2, -0.15) is 0 Å². The second-order valence-corrected chi connectivity index (χ2v) is 8.10. The van der Waals surface area contributed by atoms with E-state index in [1.807, 2.05) is 26.8 Å². The van der Waals surface area contributed by atoms with Crippen LogP contribution in [0.2, 0.25) is 0 Å². The van der Waals surface area contributed by atoms with E-state index in [2.05, 4.69) is 34.1 Å². The molecule has 0 fully saturated rings. The quantitative estimate of drug-likeness (QED) is 0.532. The minimum Gasteiger partial charge on any atom is -0.402 e. The van der Waals surface area contributed by atoms with Gasteiger partial charge in [0.1, 0.15) is 11.6 Å². The molecule has 3 rings (SSSR count). The normalized spacial score (nSPS) is 15.3. The van der Waals surface area contributed by atoms with Crippen LogP contribution in [0.3, 0.4) is 0 Å². The molecule has 0 radical (unpaired) electrons. The van der Waals surface area contributed by atoms with E-state index in [-0.39, 0.29) is 12.0 Å². The van der Waals surface area contributed by atoms with Crippen molar-refractivity contribution in [1.29, 1.82) is 5.41 Å². The number of aliphatic hydroxyl groups excluding tert-OH is 1. The molecule has 0 atom stereocenters. The molecule has 7 nitrogen and oxygen atoms in total. The van der Waals surface area contributed by atoms with Crippen LogP contribution in [0.1, 0.15) is 69.6 Å². The zero-order valence-corrected chi connectivity index (χ0v) is 18.7. The number of hydrogen-bond donors (Lipinski definition) is 4. The summed E-state index contributed by atoms with van der Waals surface area (Å²) in [6.45, 7) is 10.6. The lowest BCUT2D eigenvalue weighted by Gasteiger charge is -2.32. The Labute approximate surface area is 179 Å². The summed E-state index contributed by atoms with van der Waals surface area (Å²) < 4.78 is 0. The Balaban J connectivity index is 0.00000155. The monoisotopic (exact) mass is 410 g/mol. The molecule has 1 aliphatic rings. The van der Waals surface area contributed by atoms with E-state index in [1.54, 1.807) is 18.5 Å². The van der Waals surface area contributed by atoms with Crippen molar-refractivity contribution in [3.63, 3.8) is 0 Å². The Hall–Kier alpha value is -2.80. The van der Waals surface area contributed by atoms with E-state index in [0.29, 0.717) is 29.3 Å². The number of pyridine rings is 1. The fourth-order valence-electron chi connectivity index (χ4n) is 3.40. The summed E-state index contributed by atoms with van der Waals surface area (Å²) in [4.78, 5) is 12.8. The van der Waals surface area contributed by atoms with Crippen molar-refractivity contribution in [3.8, 4) is 0 Å². The Morgan fingerprint density at radius 3 is 2.50 bits per heavy atom. The van der Waals surface area contributed by atoms with Crippen molar-refractivity contribution in [3.05, 3.63) is 58.4 Å². The minimum atomic E-state index is -0.189. The first-order chi connectivity index (χ1) is 14.3. The Morgan fingerprint density at radius 1 is 1.23 bits per heavy atom. The van der Waals surface area contributed by atoms with Crippen molar-refractivity contribution in [2.24, 2.45) is 11.1 Å². The third-order valence-corrected chi connectivity index (χ3v) is 5.05. The first-order valence-corrected chi connectivity index (χ1v) is 10.5. The van der Waals surface area contributed by atoms with Crippen LogP contribution in [0.4, 0.5) is 5.82 Å². The number of nitrogens with two attached hydrogens (primary N) is 1. The molecule has 30 heavy (non-hydrogen) atoms. The molecule has 2 aromatic rings. The van der Waals surface area contributed by atoms with Gasteiger partial charge in [0.2, 0.25) is 0 Å². The molecular formula is C23H34N6O. The molecule has 0 bridgehead atoms. The van der Waals surface area contributed by atoms with Gasteiger partial charge in [-0.1, -0.05) is 27.7 Å². The molecule has 0 aliphatic heterocycles. The second kappa shape index (κ2) is 10.3. The number of nitrogens with one attached hydrogen (secondary N) is 2. The van der Waals surface area contributed by atoms with Crippen molar-refractivity contribution < 1.29 is 5.11 Å². The third kappa shape index (κ3) is 6.10. The van der Waals surface area contributed by atoms with E-state index in [1.165, 1.54) is 0 Å².